The molecule has 0 spiro atoms. The Morgan fingerprint density at radius 1 is 0.750 bits per heavy atom. The maximum atomic E-state index is 13.5. The summed E-state index contributed by atoms with van der Waals surface area (Å²) in [6.07, 6.45) is 1.28. The Morgan fingerprint density at radius 2 is 1.31 bits per heavy atom. The number of carbonyl (C=O) groups excluding carboxylic acids is 2. The first kappa shape index (κ1) is 21.4. The Bertz CT molecular complexity index is 1170. The van der Waals surface area contributed by atoms with E-state index in [1.165, 1.54) is 41.3 Å². The van der Waals surface area contributed by atoms with Gasteiger partial charge in [0.15, 0.2) is 0 Å². The topological polar surface area (TPSA) is 49.4 Å². The first-order valence-electron chi connectivity index (χ1n) is 10.4. The van der Waals surface area contributed by atoms with Gasteiger partial charge < -0.3 is 5.32 Å². The van der Waals surface area contributed by atoms with Crippen molar-refractivity contribution in [1.29, 1.82) is 0 Å². The first-order chi connectivity index (χ1) is 15.5. The molecule has 4 rings (SSSR count). The number of rotatable bonds is 7. The number of hydrogen-bond acceptors (Lipinski definition) is 3. The van der Waals surface area contributed by atoms with Gasteiger partial charge in [-0.25, -0.2) is 8.78 Å². The third-order valence-electron chi connectivity index (χ3n) is 5.47. The normalized spacial score (nSPS) is 13.8. The van der Waals surface area contributed by atoms with E-state index in [9.17, 15) is 18.4 Å². The summed E-state index contributed by atoms with van der Waals surface area (Å²) >= 11 is 0. The third-order valence-corrected chi connectivity index (χ3v) is 5.47. The van der Waals surface area contributed by atoms with Gasteiger partial charge in [-0.05, 0) is 65.9 Å². The van der Waals surface area contributed by atoms with Crippen LogP contribution in [-0.4, -0.2) is 23.3 Å². The van der Waals surface area contributed by atoms with Crippen LogP contribution in [0.5, 0.6) is 0 Å². The molecular formula is C26H22F2N2O2. The Labute approximate surface area is 185 Å². The molecule has 0 unspecified atom stereocenters. The summed E-state index contributed by atoms with van der Waals surface area (Å²) in [5, 5.41) is 3.10. The van der Waals surface area contributed by atoms with Crippen LogP contribution in [0.2, 0.25) is 0 Å². The summed E-state index contributed by atoms with van der Waals surface area (Å²) in [5.74, 6) is -1.67. The number of imide groups is 1. The Kier molecular flexibility index (Phi) is 6.12. The lowest BCUT2D eigenvalue weighted by Crippen LogP contribution is -2.34. The monoisotopic (exact) mass is 432 g/mol. The molecule has 4 nitrogen and oxygen atoms in total. The lowest BCUT2D eigenvalue weighted by atomic mass is 10.0. The highest BCUT2D eigenvalue weighted by Crippen LogP contribution is 2.31. The van der Waals surface area contributed by atoms with Gasteiger partial charge in [-0.2, -0.15) is 0 Å². The van der Waals surface area contributed by atoms with Gasteiger partial charge in [0, 0.05) is 12.2 Å². The molecule has 1 aliphatic heterocycles. The van der Waals surface area contributed by atoms with E-state index in [-0.39, 0.29) is 23.6 Å². The van der Waals surface area contributed by atoms with Crippen molar-refractivity contribution >= 4 is 23.1 Å². The maximum absolute atomic E-state index is 13.5. The van der Waals surface area contributed by atoms with Crippen molar-refractivity contribution in [3.05, 3.63) is 107 Å². The fourth-order valence-corrected chi connectivity index (χ4v) is 3.64. The van der Waals surface area contributed by atoms with E-state index < -0.39 is 17.6 Å². The number of nitrogens with one attached hydrogen (secondary N) is 1. The molecule has 0 saturated heterocycles. The molecule has 1 N–H and O–H groups in total. The van der Waals surface area contributed by atoms with Crippen LogP contribution in [-0.2, 0) is 22.4 Å². The minimum Gasteiger partial charge on any atom is -0.350 e. The lowest BCUT2D eigenvalue weighted by Gasteiger charge is -2.15. The molecule has 1 aliphatic rings. The van der Waals surface area contributed by atoms with Gasteiger partial charge in [-0.15, -0.1) is 0 Å². The molecule has 3 aromatic rings. The molecule has 1 heterocycles. The Hall–Kier alpha value is -3.80. The van der Waals surface area contributed by atoms with Crippen molar-refractivity contribution in [2.75, 3.05) is 11.9 Å². The van der Waals surface area contributed by atoms with Crippen LogP contribution in [0.25, 0.3) is 5.57 Å². The van der Waals surface area contributed by atoms with Crippen molar-refractivity contribution in [2.24, 2.45) is 0 Å². The number of amides is 2. The number of nitrogens with zero attached hydrogens (tertiary/aromatic N) is 1. The summed E-state index contributed by atoms with van der Waals surface area (Å²) in [5.41, 5.74) is 3.46. The third kappa shape index (κ3) is 4.44. The molecule has 0 fully saturated rings. The Balaban J connectivity index is 1.64. The van der Waals surface area contributed by atoms with Crippen LogP contribution in [0.3, 0.4) is 0 Å². The van der Waals surface area contributed by atoms with E-state index in [0.717, 1.165) is 17.5 Å². The maximum Gasteiger partial charge on any atom is 0.278 e. The SMILES string of the molecule is CCc1ccc(NC2=C(c3ccc(F)cc3)C(=O)N(CCc3ccc(F)cc3)C2=O)cc1. The van der Waals surface area contributed by atoms with E-state index in [2.05, 4.69) is 12.2 Å². The second-order valence-corrected chi connectivity index (χ2v) is 7.57. The van der Waals surface area contributed by atoms with Crippen molar-refractivity contribution in [1.82, 2.24) is 4.90 Å². The minimum atomic E-state index is -0.448. The number of hydrogen-bond donors (Lipinski definition) is 1. The van der Waals surface area contributed by atoms with Gasteiger partial charge >= 0.3 is 0 Å². The minimum absolute atomic E-state index is 0.147. The van der Waals surface area contributed by atoms with Gasteiger partial charge in [-0.1, -0.05) is 43.3 Å². The van der Waals surface area contributed by atoms with Crippen molar-refractivity contribution < 1.29 is 18.4 Å². The largest absolute Gasteiger partial charge is 0.350 e. The van der Waals surface area contributed by atoms with Crippen LogP contribution in [0.4, 0.5) is 14.5 Å². The van der Waals surface area contributed by atoms with Crippen LogP contribution in [0, 0.1) is 11.6 Å². The second kappa shape index (κ2) is 9.14. The van der Waals surface area contributed by atoms with E-state index in [1.807, 2.05) is 24.3 Å². The fourth-order valence-electron chi connectivity index (χ4n) is 3.64. The standard InChI is InChI=1S/C26H22F2N2O2/c1-2-17-5-13-22(14-6-17)29-24-23(19-7-11-21(28)12-8-19)25(31)30(26(24)32)16-15-18-3-9-20(27)10-4-18/h3-14,29H,2,15-16H2,1H3. The molecular weight excluding hydrogens is 410 g/mol. The molecule has 2 amide bonds. The second-order valence-electron chi connectivity index (χ2n) is 7.57. The predicted octanol–water partition coefficient (Wildman–Crippen LogP) is 4.96. The summed E-state index contributed by atoms with van der Waals surface area (Å²) in [4.78, 5) is 27.6. The first-order valence-corrected chi connectivity index (χ1v) is 10.4. The van der Waals surface area contributed by atoms with Crippen LogP contribution < -0.4 is 5.32 Å². The van der Waals surface area contributed by atoms with Gasteiger partial charge in [-0.3, -0.25) is 14.5 Å². The van der Waals surface area contributed by atoms with E-state index in [1.54, 1.807) is 12.1 Å². The number of halogens is 2. The molecule has 6 heteroatoms. The molecule has 0 aromatic heterocycles. The van der Waals surface area contributed by atoms with Crippen LogP contribution in [0.15, 0.2) is 78.5 Å². The lowest BCUT2D eigenvalue weighted by molar-refractivity contribution is -0.136. The van der Waals surface area contributed by atoms with Crippen molar-refractivity contribution in [2.45, 2.75) is 19.8 Å². The predicted molar refractivity (Wildman–Crippen MR) is 120 cm³/mol. The van der Waals surface area contributed by atoms with E-state index in [4.69, 9.17) is 0 Å². The highest BCUT2D eigenvalue weighted by atomic mass is 19.1. The van der Waals surface area contributed by atoms with Crippen LogP contribution in [0.1, 0.15) is 23.6 Å². The van der Waals surface area contributed by atoms with Gasteiger partial charge in [0.05, 0.1) is 5.57 Å². The zero-order chi connectivity index (χ0) is 22.7. The molecule has 0 radical (unpaired) electrons. The van der Waals surface area contributed by atoms with Crippen molar-refractivity contribution in [3.63, 3.8) is 0 Å². The molecule has 162 valence electrons. The molecule has 32 heavy (non-hydrogen) atoms. The van der Waals surface area contributed by atoms with E-state index in [0.29, 0.717) is 17.7 Å². The summed E-state index contributed by atoms with van der Waals surface area (Å²) in [6, 6.07) is 19.1. The smallest absolute Gasteiger partial charge is 0.278 e. The number of carbonyl (C=O) groups is 2. The zero-order valence-corrected chi connectivity index (χ0v) is 17.6. The van der Waals surface area contributed by atoms with Gasteiger partial charge in [0.25, 0.3) is 11.8 Å². The molecule has 0 atom stereocenters. The molecule has 0 saturated carbocycles. The quantitative estimate of drug-likeness (QED) is 0.537. The fraction of sp³-hybridized carbons (Fsp3) is 0.154. The highest BCUT2D eigenvalue weighted by Gasteiger charge is 2.38. The number of aryl methyl sites for hydroxylation is 1. The molecule has 0 aliphatic carbocycles. The molecule has 3 aromatic carbocycles. The summed E-state index contributed by atoms with van der Waals surface area (Å²) in [7, 11) is 0. The summed E-state index contributed by atoms with van der Waals surface area (Å²) in [6.45, 7) is 2.20. The number of benzene rings is 3. The summed E-state index contributed by atoms with van der Waals surface area (Å²) < 4.78 is 26.6. The van der Waals surface area contributed by atoms with Gasteiger partial charge in [0.2, 0.25) is 0 Å². The van der Waals surface area contributed by atoms with Gasteiger partial charge in [0.1, 0.15) is 17.3 Å². The highest BCUT2D eigenvalue weighted by molar-refractivity contribution is 6.36. The zero-order valence-electron chi connectivity index (χ0n) is 17.6. The Morgan fingerprint density at radius 3 is 1.91 bits per heavy atom. The molecule has 0 bridgehead atoms. The number of anilines is 1. The van der Waals surface area contributed by atoms with Crippen molar-refractivity contribution in [3.8, 4) is 0 Å². The van der Waals surface area contributed by atoms with E-state index >= 15 is 0 Å². The average Bonchev–Trinajstić information content (AvgIpc) is 3.03. The van der Waals surface area contributed by atoms with Crippen LogP contribution >= 0.6 is 0 Å². The average molecular weight is 432 g/mol.